The van der Waals surface area contributed by atoms with E-state index in [1.807, 2.05) is 26.0 Å². The zero-order valence-corrected chi connectivity index (χ0v) is 20.3. The van der Waals surface area contributed by atoms with Gasteiger partial charge in [-0.15, -0.1) is 0 Å². The number of carbonyl (C=O) groups is 1. The number of amides is 1. The normalized spacial score (nSPS) is 10.9. The lowest BCUT2D eigenvalue weighted by Crippen LogP contribution is -2.14. The minimum Gasteiger partial charge on any atom is -0.448 e. The highest BCUT2D eigenvalue weighted by atomic mass is 35.5. The van der Waals surface area contributed by atoms with Crippen LogP contribution in [0.2, 0.25) is 10.0 Å². The van der Waals surface area contributed by atoms with Crippen molar-refractivity contribution in [3.05, 3.63) is 101 Å². The molecule has 3 rings (SSSR count). The third-order valence-corrected chi connectivity index (χ3v) is 5.62. The Labute approximate surface area is 214 Å². The van der Waals surface area contributed by atoms with Crippen LogP contribution >= 0.6 is 23.2 Å². The molecule has 10 nitrogen and oxygen atoms in total. The number of nitro groups is 2. The zero-order valence-electron chi connectivity index (χ0n) is 18.7. The van der Waals surface area contributed by atoms with Crippen LogP contribution in [-0.4, -0.2) is 15.8 Å². The maximum atomic E-state index is 12.8. The Kier molecular flexibility index (Phi) is 7.89. The Morgan fingerprint density at radius 3 is 2.44 bits per heavy atom. The van der Waals surface area contributed by atoms with Crippen molar-refractivity contribution in [2.24, 2.45) is 0 Å². The number of nitrogens with one attached hydrogen (secondary N) is 1. The number of non-ortho nitro benzene ring substituents is 1. The molecule has 0 heterocycles. The number of ether oxygens (including phenoxy) is 1. The maximum absolute atomic E-state index is 12.8. The van der Waals surface area contributed by atoms with Gasteiger partial charge < -0.3 is 10.1 Å². The van der Waals surface area contributed by atoms with Gasteiger partial charge in [-0.1, -0.05) is 35.3 Å². The molecule has 1 N–H and O–H groups in total. The molecule has 1 amide bonds. The zero-order chi connectivity index (χ0) is 26.6. The van der Waals surface area contributed by atoms with Gasteiger partial charge in [0, 0.05) is 22.3 Å². The van der Waals surface area contributed by atoms with Gasteiger partial charge in [0.05, 0.1) is 20.9 Å². The molecule has 0 aromatic heterocycles. The molecule has 3 aromatic rings. The average Bonchev–Trinajstić information content (AvgIpc) is 2.82. The number of nitriles is 1. The average molecular weight is 527 g/mol. The summed E-state index contributed by atoms with van der Waals surface area (Å²) in [6, 6.07) is 12.6. The molecule has 0 radical (unpaired) electrons. The number of hydrogen-bond donors (Lipinski definition) is 1. The molecule has 0 atom stereocenters. The van der Waals surface area contributed by atoms with Crippen molar-refractivity contribution in [3.8, 4) is 17.6 Å². The van der Waals surface area contributed by atoms with Crippen molar-refractivity contribution < 1.29 is 19.4 Å². The lowest BCUT2D eigenvalue weighted by molar-refractivity contribution is -0.394. The first-order valence-corrected chi connectivity index (χ1v) is 10.9. The van der Waals surface area contributed by atoms with E-state index in [4.69, 9.17) is 27.9 Å². The van der Waals surface area contributed by atoms with Crippen LogP contribution in [0.25, 0.3) is 6.08 Å². The fraction of sp³-hybridized carbons (Fsp3) is 0.0833. The molecule has 0 fully saturated rings. The number of benzene rings is 3. The van der Waals surface area contributed by atoms with Crippen LogP contribution in [0, 0.1) is 45.4 Å². The number of carbonyl (C=O) groups excluding carboxylic acids is 1. The molecule has 0 saturated heterocycles. The van der Waals surface area contributed by atoms with E-state index in [2.05, 4.69) is 5.32 Å². The van der Waals surface area contributed by atoms with E-state index in [9.17, 15) is 30.3 Å². The van der Waals surface area contributed by atoms with Gasteiger partial charge in [-0.05, 0) is 55.3 Å². The Morgan fingerprint density at radius 1 is 1.08 bits per heavy atom. The fourth-order valence-corrected chi connectivity index (χ4v) is 3.68. The van der Waals surface area contributed by atoms with Gasteiger partial charge in [-0.3, -0.25) is 25.0 Å². The first-order chi connectivity index (χ1) is 17.0. The summed E-state index contributed by atoms with van der Waals surface area (Å²) in [5.74, 6) is -1.21. The van der Waals surface area contributed by atoms with Gasteiger partial charge in [0.25, 0.3) is 11.6 Å². The Bertz CT molecular complexity index is 1480. The van der Waals surface area contributed by atoms with Crippen molar-refractivity contribution in [2.45, 2.75) is 13.8 Å². The van der Waals surface area contributed by atoms with E-state index in [0.29, 0.717) is 5.69 Å². The van der Waals surface area contributed by atoms with E-state index < -0.39 is 27.1 Å². The highest BCUT2D eigenvalue weighted by molar-refractivity contribution is 6.36. The third-order valence-electron chi connectivity index (χ3n) is 5.12. The summed E-state index contributed by atoms with van der Waals surface area (Å²) in [6.45, 7) is 3.70. The lowest BCUT2D eigenvalue weighted by Gasteiger charge is -2.13. The predicted molar refractivity (Wildman–Crippen MR) is 134 cm³/mol. The molecule has 182 valence electrons. The SMILES string of the molecule is Cc1cccc(NC(=O)/C(C#N)=C/c2cc(Cl)cc(Cl)c2Oc2ccc([N+](=O)[O-])cc2[N+](=O)[O-])c1C. The van der Waals surface area contributed by atoms with Crippen LogP contribution < -0.4 is 10.1 Å². The van der Waals surface area contributed by atoms with Gasteiger partial charge in [-0.2, -0.15) is 5.26 Å². The molecule has 12 heteroatoms. The minimum atomic E-state index is -0.847. The molecule has 36 heavy (non-hydrogen) atoms. The summed E-state index contributed by atoms with van der Waals surface area (Å²) in [7, 11) is 0. The molecule has 3 aromatic carbocycles. The van der Waals surface area contributed by atoms with E-state index in [1.54, 1.807) is 12.1 Å². The summed E-state index contributed by atoms with van der Waals surface area (Å²) < 4.78 is 5.66. The van der Waals surface area contributed by atoms with Crippen LogP contribution in [0.1, 0.15) is 16.7 Å². The topological polar surface area (TPSA) is 148 Å². The quantitative estimate of drug-likeness (QED) is 0.154. The molecular weight excluding hydrogens is 511 g/mol. The summed E-state index contributed by atoms with van der Waals surface area (Å²) in [6.07, 6.45) is 1.17. The summed E-state index contributed by atoms with van der Waals surface area (Å²) in [5, 5.41) is 34.9. The molecule has 0 unspecified atom stereocenters. The van der Waals surface area contributed by atoms with Gasteiger partial charge >= 0.3 is 5.69 Å². The number of aryl methyl sites for hydroxylation is 1. The monoisotopic (exact) mass is 526 g/mol. The van der Waals surface area contributed by atoms with Crippen LogP contribution in [0.3, 0.4) is 0 Å². The summed E-state index contributed by atoms with van der Waals surface area (Å²) in [4.78, 5) is 33.7. The molecule has 0 aliphatic carbocycles. The van der Waals surface area contributed by atoms with Crippen molar-refractivity contribution in [1.82, 2.24) is 0 Å². The standard InChI is InChI=1S/C24H16Cl2N4O6/c1-13-4-3-5-20(14(13)2)28-24(31)16(12-27)8-15-9-17(25)10-19(26)23(15)36-22-7-6-18(29(32)33)11-21(22)30(34)35/h3-11H,1-2H3,(H,28,31)/b16-8+. The van der Waals surface area contributed by atoms with Crippen LogP contribution in [-0.2, 0) is 4.79 Å². The second-order valence-electron chi connectivity index (χ2n) is 7.45. The Balaban J connectivity index is 2.05. The number of nitrogens with zero attached hydrogens (tertiary/aromatic N) is 3. The second kappa shape index (κ2) is 10.9. The molecule has 0 bridgehead atoms. The second-order valence-corrected chi connectivity index (χ2v) is 8.29. The largest absolute Gasteiger partial charge is 0.448 e. The number of hydrogen-bond acceptors (Lipinski definition) is 7. The minimum absolute atomic E-state index is 0.0753. The van der Waals surface area contributed by atoms with Crippen molar-refractivity contribution in [1.29, 1.82) is 5.26 Å². The number of anilines is 1. The van der Waals surface area contributed by atoms with Crippen LogP contribution in [0.15, 0.2) is 54.1 Å². The third kappa shape index (κ3) is 5.78. The smallest absolute Gasteiger partial charge is 0.318 e. The molecular formula is C24H16Cl2N4O6. The van der Waals surface area contributed by atoms with Crippen molar-refractivity contribution in [3.63, 3.8) is 0 Å². The van der Waals surface area contributed by atoms with E-state index >= 15 is 0 Å². The maximum Gasteiger partial charge on any atom is 0.318 e. The van der Waals surface area contributed by atoms with Crippen LogP contribution in [0.5, 0.6) is 11.5 Å². The lowest BCUT2D eigenvalue weighted by atomic mass is 10.1. The molecule has 0 aliphatic heterocycles. The Morgan fingerprint density at radius 2 is 1.81 bits per heavy atom. The highest BCUT2D eigenvalue weighted by Crippen LogP contribution is 2.41. The number of halogens is 2. The van der Waals surface area contributed by atoms with Gasteiger partial charge in [0.1, 0.15) is 11.6 Å². The van der Waals surface area contributed by atoms with Gasteiger partial charge in [-0.25, -0.2) is 0 Å². The van der Waals surface area contributed by atoms with Crippen molar-refractivity contribution in [2.75, 3.05) is 5.32 Å². The highest BCUT2D eigenvalue weighted by Gasteiger charge is 2.23. The van der Waals surface area contributed by atoms with Crippen LogP contribution in [0.4, 0.5) is 17.1 Å². The molecule has 0 spiro atoms. The molecule has 0 aliphatic rings. The van der Waals surface area contributed by atoms with Gasteiger partial charge in [0.2, 0.25) is 5.75 Å². The number of rotatable bonds is 7. The first kappa shape index (κ1) is 26.2. The summed E-state index contributed by atoms with van der Waals surface area (Å²) in [5.41, 5.74) is 0.846. The Hall–Kier alpha value is -4.46. The first-order valence-electron chi connectivity index (χ1n) is 10.1. The van der Waals surface area contributed by atoms with E-state index in [-0.39, 0.29) is 32.7 Å². The predicted octanol–water partition coefficient (Wildman–Crippen LogP) is 6.76. The fourth-order valence-electron chi connectivity index (χ4n) is 3.13. The number of nitro benzene ring substituents is 2. The van der Waals surface area contributed by atoms with E-state index in [1.165, 1.54) is 18.2 Å². The molecule has 0 saturated carbocycles. The van der Waals surface area contributed by atoms with Gasteiger partial charge in [0.15, 0.2) is 5.75 Å². The van der Waals surface area contributed by atoms with Crippen molar-refractivity contribution >= 4 is 52.2 Å². The van der Waals surface area contributed by atoms with E-state index in [0.717, 1.165) is 29.3 Å². The summed E-state index contributed by atoms with van der Waals surface area (Å²) >= 11 is 12.4.